The highest BCUT2D eigenvalue weighted by Crippen LogP contribution is 2.20. The van der Waals surface area contributed by atoms with Gasteiger partial charge < -0.3 is 14.7 Å². The Labute approximate surface area is 126 Å². The van der Waals surface area contributed by atoms with Crippen LogP contribution in [0.2, 0.25) is 0 Å². The highest BCUT2D eigenvalue weighted by molar-refractivity contribution is 5.83. The van der Waals surface area contributed by atoms with Crippen molar-refractivity contribution < 1.29 is 9.84 Å². The third-order valence-corrected chi connectivity index (χ3v) is 4.08. The number of ether oxygens (including phenoxy) is 1. The molecule has 2 aromatic rings. The highest BCUT2D eigenvalue weighted by atomic mass is 16.5. The van der Waals surface area contributed by atoms with Crippen molar-refractivity contribution in [2.45, 2.75) is 25.4 Å². The molecule has 1 aliphatic rings. The van der Waals surface area contributed by atoms with Crippen LogP contribution in [0.4, 0.5) is 0 Å². The maximum Gasteiger partial charge on any atom is 0.120 e. The van der Waals surface area contributed by atoms with Crippen LogP contribution < -0.4 is 4.74 Å². The molecule has 3 heteroatoms. The van der Waals surface area contributed by atoms with E-state index in [-0.39, 0.29) is 0 Å². The zero-order valence-electron chi connectivity index (χ0n) is 12.4. The van der Waals surface area contributed by atoms with E-state index in [0.717, 1.165) is 18.8 Å². The fourth-order valence-corrected chi connectivity index (χ4v) is 2.94. The van der Waals surface area contributed by atoms with Crippen LogP contribution in [0.25, 0.3) is 10.8 Å². The second kappa shape index (κ2) is 6.92. The maximum atomic E-state index is 10.1. The molecule has 21 heavy (non-hydrogen) atoms. The van der Waals surface area contributed by atoms with Gasteiger partial charge in [-0.2, -0.15) is 0 Å². The van der Waals surface area contributed by atoms with E-state index >= 15 is 0 Å². The van der Waals surface area contributed by atoms with Crippen LogP contribution in [-0.2, 0) is 0 Å². The summed E-state index contributed by atoms with van der Waals surface area (Å²) >= 11 is 0. The number of fused-ring (bicyclic) bond motifs is 1. The van der Waals surface area contributed by atoms with E-state index in [1.807, 2.05) is 24.3 Å². The molecular formula is C18H23NO2. The van der Waals surface area contributed by atoms with Gasteiger partial charge in [-0.1, -0.05) is 36.8 Å². The monoisotopic (exact) mass is 285 g/mol. The molecule has 112 valence electrons. The van der Waals surface area contributed by atoms with E-state index in [9.17, 15) is 5.11 Å². The van der Waals surface area contributed by atoms with Crippen molar-refractivity contribution in [1.82, 2.24) is 4.90 Å². The second-order valence-corrected chi connectivity index (χ2v) is 5.84. The van der Waals surface area contributed by atoms with Crippen LogP contribution in [0.3, 0.4) is 0 Å². The summed E-state index contributed by atoms with van der Waals surface area (Å²) < 4.78 is 5.74. The molecule has 0 amide bonds. The number of rotatable bonds is 5. The van der Waals surface area contributed by atoms with Crippen LogP contribution in [-0.4, -0.2) is 42.4 Å². The summed E-state index contributed by atoms with van der Waals surface area (Å²) in [6, 6.07) is 14.3. The van der Waals surface area contributed by atoms with Crippen molar-refractivity contribution in [2.75, 3.05) is 26.2 Å². The summed E-state index contributed by atoms with van der Waals surface area (Å²) in [5.41, 5.74) is 0. The van der Waals surface area contributed by atoms with Gasteiger partial charge in [0, 0.05) is 6.54 Å². The average Bonchev–Trinajstić information content (AvgIpc) is 2.54. The fraction of sp³-hybridized carbons (Fsp3) is 0.444. The molecule has 0 aromatic heterocycles. The lowest BCUT2D eigenvalue weighted by atomic mass is 10.1. The number of nitrogens with zero attached hydrogens (tertiary/aromatic N) is 1. The summed E-state index contributed by atoms with van der Waals surface area (Å²) in [5, 5.41) is 12.5. The Kier molecular flexibility index (Phi) is 4.73. The topological polar surface area (TPSA) is 32.7 Å². The van der Waals surface area contributed by atoms with Gasteiger partial charge in [0.1, 0.15) is 18.5 Å². The minimum atomic E-state index is -0.422. The molecule has 3 rings (SSSR count). The average molecular weight is 285 g/mol. The van der Waals surface area contributed by atoms with Crippen molar-refractivity contribution in [1.29, 1.82) is 0 Å². The number of piperidine rings is 1. The number of aliphatic hydroxyl groups excluding tert-OH is 1. The van der Waals surface area contributed by atoms with E-state index in [0.29, 0.717) is 13.2 Å². The first-order chi connectivity index (χ1) is 10.3. The molecule has 0 spiro atoms. The fourth-order valence-electron chi connectivity index (χ4n) is 2.94. The standard InChI is InChI=1S/C18H23NO2/c20-17(13-19-10-4-1-5-11-19)14-21-18-9-8-15-6-2-3-7-16(15)12-18/h2-3,6-9,12,17,20H,1,4-5,10-11,13-14H2/t17-/m1/s1. The van der Waals surface area contributed by atoms with E-state index in [1.165, 1.54) is 30.0 Å². The Balaban J connectivity index is 1.53. The molecule has 2 aromatic carbocycles. The van der Waals surface area contributed by atoms with Crippen LogP contribution in [0.5, 0.6) is 5.75 Å². The Morgan fingerprint density at radius 3 is 2.57 bits per heavy atom. The van der Waals surface area contributed by atoms with Crippen molar-refractivity contribution in [2.24, 2.45) is 0 Å². The summed E-state index contributed by atoms with van der Waals surface area (Å²) in [6.07, 6.45) is 3.39. The van der Waals surface area contributed by atoms with Crippen LogP contribution in [0.1, 0.15) is 19.3 Å². The number of hydrogen-bond acceptors (Lipinski definition) is 3. The second-order valence-electron chi connectivity index (χ2n) is 5.84. The van der Waals surface area contributed by atoms with E-state index < -0.39 is 6.10 Å². The molecule has 1 fully saturated rings. The summed E-state index contributed by atoms with van der Waals surface area (Å²) in [4.78, 5) is 2.33. The Morgan fingerprint density at radius 1 is 1.00 bits per heavy atom. The van der Waals surface area contributed by atoms with Crippen LogP contribution in [0, 0.1) is 0 Å². The Hall–Kier alpha value is -1.58. The number of hydrogen-bond donors (Lipinski definition) is 1. The molecular weight excluding hydrogens is 262 g/mol. The molecule has 1 heterocycles. The number of β-amino-alcohol motifs (C(OH)–C–C–N with tert-alkyl or cyclic N) is 1. The first-order valence-corrected chi connectivity index (χ1v) is 7.83. The van der Waals surface area contributed by atoms with Crippen molar-refractivity contribution in [3.8, 4) is 5.75 Å². The van der Waals surface area contributed by atoms with Gasteiger partial charge in [-0.3, -0.25) is 0 Å². The summed E-state index contributed by atoms with van der Waals surface area (Å²) in [7, 11) is 0. The third kappa shape index (κ3) is 3.96. The predicted octanol–water partition coefficient (Wildman–Crippen LogP) is 3.07. The van der Waals surface area contributed by atoms with Gasteiger partial charge in [-0.25, -0.2) is 0 Å². The largest absolute Gasteiger partial charge is 0.491 e. The number of benzene rings is 2. The Bertz CT molecular complexity index is 578. The quantitative estimate of drug-likeness (QED) is 0.916. The first kappa shape index (κ1) is 14.4. The minimum absolute atomic E-state index is 0.356. The molecule has 1 atom stereocenters. The van der Waals surface area contributed by atoms with Gasteiger partial charge in [-0.15, -0.1) is 0 Å². The molecule has 1 saturated heterocycles. The SMILES string of the molecule is O[C@@H](COc1ccc2ccccc2c1)CN1CCCCC1. The number of aliphatic hydroxyl groups is 1. The summed E-state index contributed by atoms with van der Waals surface area (Å²) in [6.45, 7) is 3.28. The lowest BCUT2D eigenvalue weighted by molar-refractivity contribution is 0.0618. The highest BCUT2D eigenvalue weighted by Gasteiger charge is 2.15. The smallest absolute Gasteiger partial charge is 0.120 e. The van der Waals surface area contributed by atoms with Gasteiger partial charge in [0.25, 0.3) is 0 Å². The molecule has 0 unspecified atom stereocenters. The zero-order valence-corrected chi connectivity index (χ0v) is 12.4. The van der Waals surface area contributed by atoms with Crippen molar-refractivity contribution >= 4 is 10.8 Å². The first-order valence-electron chi connectivity index (χ1n) is 7.83. The molecule has 0 aliphatic carbocycles. The lowest BCUT2D eigenvalue weighted by Crippen LogP contribution is -2.38. The third-order valence-electron chi connectivity index (χ3n) is 4.08. The number of likely N-dealkylation sites (tertiary alicyclic amines) is 1. The van der Waals surface area contributed by atoms with Gasteiger partial charge in [0.2, 0.25) is 0 Å². The molecule has 0 bridgehead atoms. The molecule has 0 saturated carbocycles. The van der Waals surface area contributed by atoms with Crippen molar-refractivity contribution in [3.05, 3.63) is 42.5 Å². The van der Waals surface area contributed by atoms with E-state index in [4.69, 9.17) is 4.74 Å². The van der Waals surface area contributed by atoms with E-state index in [2.05, 4.69) is 23.1 Å². The predicted molar refractivity (Wildman–Crippen MR) is 85.7 cm³/mol. The molecule has 1 N–H and O–H groups in total. The lowest BCUT2D eigenvalue weighted by Gasteiger charge is -2.28. The Morgan fingerprint density at radius 2 is 1.76 bits per heavy atom. The molecule has 0 radical (unpaired) electrons. The normalized spacial score (nSPS) is 17.8. The van der Waals surface area contributed by atoms with Gasteiger partial charge >= 0.3 is 0 Å². The zero-order chi connectivity index (χ0) is 14.5. The molecule has 3 nitrogen and oxygen atoms in total. The molecule has 1 aliphatic heterocycles. The minimum Gasteiger partial charge on any atom is -0.491 e. The van der Waals surface area contributed by atoms with E-state index in [1.54, 1.807) is 0 Å². The maximum absolute atomic E-state index is 10.1. The van der Waals surface area contributed by atoms with Crippen LogP contribution in [0.15, 0.2) is 42.5 Å². The van der Waals surface area contributed by atoms with Crippen molar-refractivity contribution in [3.63, 3.8) is 0 Å². The van der Waals surface area contributed by atoms with Gasteiger partial charge in [0.15, 0.2) is 0 Å². The summed E-state index contributed by atoms with van der Waals surface area (Å²) in [5.74, 6) is 0.825. The van der Waals surface area contributed by atoms with Crippen LogP contribution >= 0.6 is 0 Å². The van der Waals surface area contributed by atoms with Gasteiger partial charge in [0.05, 0.1) is 0 Å². The van der Waals surface area contributed by atoms with Gasteiger partial charge in [-0.05, 0) is 48.8 Å².